The number of nitrogens with zero attached hydrogens (tertiary/aromatic N) is 1. The van der Waals surface area contributed by atoms with E-state index >= 15 is 0 Å². The van der Waals surface area contributed by atoms with E-state index in [1.54, 1.807) is 11.3 Å². The van der Waals surface area contributed by atoms with E-state index in [1.807, 2.05) is 35.9 Å². The molecule has 30 heavy (non-hydrogen) atoms. The first-order valence-corrected chi connectivity index (χ1v) is 12.2. The zero-order chi connectivity index (χ0) is 20.5. The molecule has 5 nitrogen and oxygen atoms in total. The summed E-state index contributed by atoms with van der Waals surface area (Å²) in [4.78, 5) is 21.0. The van der Waals surface area contributed by atoms with Crippen molar-refractivity contribution in [2.24, 2.45) is 0 Å². The summed E-state index contributed by atoms with van der Waals surface area (Å²) in [6, 6.07) is 3.98. The molecule has 0 saturated carbocycles. The van der Waals surface area contributed by atoms with E-state index in [4.69, 9.17) is 0 Å². The summed E-state index contributed by atoms with van der Waals surface area (Å²) < 4.78 is 0. The summed E-state index contributed by atoms with van der Waals surface area (Å²) in [5.74, 6) is 0. The molecule has 2 amide bonds. The number of amides is 2. The summed E-state index contributed by atoms with van der Waals surface area (Å²) in [6.45, 7) is 4.57. The third kappa shape index (κ3) is 3.77. The van der Waals surface area contributed by atoms with E-state index < -0.39 is 0 Å². The quantitative estimate of drug-likeness (QED) is 0.535. The minimum Gasteiger partial charge on any atom is -0.334 e. The molecule has 0 aromatic carbocycles. The molecule has 7 heteroatoms. The molecule has 3 aromatic rings. The number of thiophene rings is 2. The zero-order valence-electron chi connectivity index (χ0n) is 17.1. The number of pyridine rings is 1. The number of carbonyl (C=O) groups excluding carboxylic acids is 1. The number of nitrogens with one attached hydrogen (secondary N) is 3. The molecule has 2 aliphatic rings. The Hall–Kier alpha value is -2.22. The summed E-state index contributed by atoms with van der Waals surface area (Å²) in [7, 11) is 0. The number of fused-ring (bicyclic) bond motifs is 2. The van der Waals surface area contributed by atoms with Crippen LogP contribution >= 0.6 is 22.7 Å². The summed E-state index contributed by atoms with van der Waals surface area (Å²) in [5, 5.41) is 10.7. The number of urea groups is 1. The van der Waals surface area contributed by atoms with Crippen molar-refractivity contribution >= 4 is 33.7 Å². The lowest BCUT2D eigenvalue weighted by molar-refractivity contribution is 0.252. The predicted molar refractivity (Wildman–Crippen MR) is 125 cm³/mol. The van der Waals surface area contributed by atoms with Crippen LogP contribution in [0.3, 0.4) is 0 Å². The van der Waals surface area contributed by atoms with Crippen LogP contribution < -0.4 is 16.0 Å². The van der Waals surface area contributed by atoms with Crippen LogP contribution in [0.1, 0.15) is 44.8 Å². The van der Waals surface area contributed by atoms with Crippen LogP contribution in [0.5, 0.6) is 0 Å². The maximum absolute atomic E-state index is 12.8. The van der Waals surface area contributed by atoms with Gasteiger partial charge in [-0.3, -0.25) is 10.3 Å². The summed E-state index contributed by atoms with van der Waals surface area (Å²) in [6.07, 6.45) is 9.47. The standard InChI is InChI=1S/C23H26N4OS2/c1-14-16-4-2-3-5-19(16)30-22(14)27-23(28)26-12-18-17-8-11-25-13-20(17)29-21(18)15-6-9-24-10-7-15/h6-7,9-10,25H,2-5,8,11-13H2,1H3,(H2,26,27,28). The van der Waals surface area contributed by atoms with Gasteiger partial charge in [0.25, 0.3) is 0 Å². The third-order valence-corrected chi connectivity index (χ3v) is 8.70. The molecule has 0 radical (unpaired) electrons. The number of rotatable bonds is 4. The Balaban J connectivity index is 1.34. The molecule has 0 bridgehead atoms. The van der Waals surface area contributed by atoms with E-state index in [9.17, 15) is 4.79 Å². The van der Waals surface area contributed by atoms with Crippen molar-refractivity contribution in [3.05, 3.63) is 56.5 Å². The van der Waals surface area contributed by atoms with Crippen molar-refractivity contribution < 1.29 is 4.79 Å². The van der Waals surface area contributed by atoms with Gasteiger partial charge in [-0.15, -0.1) is 22.7 Å². The Kier molecular flexibility index (Phi) is 5.58. The van der Waals surface area contributed by atoms with Gasteiger partial charge in [0.15, 0.2) is 0 Å². The van der Waals surface area contributed by atoms with Crippen molar-refractivity contribution in [1.82, 2.24) is 15.6 Å². The Morgan fingerprint density at radius 2 is 1.93 bits per heavy atom. The highest BCUT2D eigenvalue weighted by Gasteiger charge is 2.23. The van der Waals surface area contributed by atoms with Crippen molar-refractivity contribution in [1.29, 1.82) is 0 Å². The van der Waals surface area contributed by atoms with E-state index in [1.165, 1.54) is 55.3 Å². The lowest BCUT2D eigenvalue weighted by atomic mass is 9.96. The van der Waals surface area contributed by atoms with Crippen molar-refractivity contribution in [3.8, 4) is 10.4 Å². The highest BCUT2D eigenvalue weighted by atomic mass is 32.1. The number of aryl methyl sites for hydroxylation is 1. The Morgan fingerprint density at radius 3 is 2.77 bits per heavy atom. The van der Waals surface area contributed by atoms with Crippen LogP contribution in [-0.4, -0.2) is 17.6 Å². The normalized spacial score (nSPS) is 15.4. The van der Waals surface area contributed by atoms with Crippen LogP contribution in [0.4, 0.5) is 9.80 Å². The molecule has 5 rings (SSSR count). The van der Waals surface area contributed by atoms with Gasteiger partial charge in [0, 0.05) is 40.1 Å². The average Bonchev–Trinajstić information content (AvgIpc) is 3.31. The van der Waals surface area contributed by atoms with Crippen molar-refractivity contribution in [2.75, 3.05) is 11.9 Å². The molecule has 1 aliphatic carbocycles. The smallest absolute Gasteiger partial charge is 0.320 e. The molecule has 4 heterocycles. The van der Waals surface area contributed by atoms with Crippen LogP contribution in [0.2, 0.25) is 0 Å². The Morgan fingerprint density at radius 1 is 1.10 bits per heavy atom. The van der Waals surface area contributed by atoms with Gasteiger partial charge < -0.3 is 10.6 Å². The molecule has 1 aliphatic heterocycles. The van der Waals surface area contributed by atoms with E-state index in [0.717, 1.165) is 37.4 Å². The lowest BCUT2D eigenvalue weighted by Gasteiger charge is -2.15. The molecule has 0 fully saturated rings. The minimum atomic E-state index is -0.119. The summed E-state index contributed by atoms with van der Waals surface area (Å²) >= 11 is 3.58. The summed E-state index contributed by atoms with van der Waals surface area (Å²) in [5.41, 5.74) is 6.53. The largest absolute Gasteiger partial charge is 0.334 e. The fraction of sp³-hybridized carbons (Fsp3) is 0.391. The maximum Gasteiger partial charge on any atom is 0.320 e. The van der Waals surface area contributed by atoms with Gasteiger partial charge in [-0.25, -0.2) is 4.79 Å². The number of aromatic nitrogens is 1. The van der Waals surface area contributed by atoms with Crippen LogP contribution in [0.25, 0.3) is 10.4 Å². The van der Waals surface area contributed by atoms with Gasteiger partial charge >= 0.3 is 6.03 Å². The second-order valence-electron chi connectivity index (χ2n) is 7.95. The molecule has 0 saturated heterocycles. The molecule has 3 aromatic heterocycles. The SMILES string of the molecule is Cc1c(NC(=O)NCc2c(-c3ccncc3)sc3c2CCNC3)sc2c1CCCC2. The molecular formula is C23H26N4OS2. The highest BCUT2D eigenvalue weighted by Crippen LogP contribution is 2.39. The van der Waals surface area contributed by atoms with Crippen LogP contribution in [0.15, 0.2) is 24.5 Å². The van der Waals surface area contributed by atoms with Gasteiger partial charge in [0.1, 0.15) is 0 Å². The minimum absolute atomic E-state index is 0.119. The fourth-order valence-corrected chi connectivity index (χ4v) is 7.12. The second-order valence-corrected chi connectivity index (χ2v) is 10.2. The molecule has 3 N–H and O–H groups in total. The predicted octanol–water partition coefficient (Wildman–Crippen LogP) is 5.03. The van der Waals surface area contributed by atoms with E-state index in [2.05, 4.69) is 27.9 Å². The second kappa shape index (κ2) is 8.49. The number of hydrogen-bond acceptors (Lipinski definition) is 5. The van der Waals surface area contributed by atoms with Crippen LogP contribution in [0, 0.1) is 6.92 Å². The Bertz CT molecular complexity index is 1070. The van der Waals surface area contributed by atoms with E-state index in [-0.39, 0.29) is 6.03 Å². The molecular weight excluding hydrogens is 412 g/mol. The van der Waals surface area contributed by atoms with E-state index in [0.29, 0.717) is 6.54 Å². The van der Waals surface area contributed by atoms with Gasteiger partial charge in [-0.2, -0.15) is 0 Å². The van der Waals surface area contributed by atoms with Gasteiger partial charge in [-0.1, -0.05) is 0 Å². The molecule has 156 valence electrons. The van der Waals surface area contributed by atoms with Crippen molar-refractivity contribution in [2.45, 2.75) is 52.1 Å². The average molecular weight is 439 g/mol. The van der Waals surface area contributed by atoms with Gasteiger partial charge in [0.2, 0.25) is 0 Å². The fourth-order valence-electron chi connectivity index (χ4n) is 4.48. The molecule has 0 unspecified atom stereocenters. The van der Waals surface area contributed by atoms with Gasteiger partial charge in [-0.05, 0) is 85.5 Å². The first-order chi connectivity index (χ1) is 14.7. The van der Waals surface area contributed by atoms with Crippen molar-refractivity contribution in [3.63, 3.8) is 0 Å². The first-order valence-electron chi connectivity index (χ1n) is 10.6. The zero-order valence-corrected chi connectivity index (χ0v) is 18.8. The van der Waals surface area contributed by atoms with Gasteiger partial charge in [0.05, 0.1) is 5.00 Å². The molecule has 0 atom stereocenters. The lowest BCUT2D eigenvalue weighted by Crippen LogP contribution is -2.29. The number of carbonyl (C=O) groups is 1. The first kappa shape index (κ1) is 19.7. The number of anilines is 1. The Labute approximate surface area is 184 Å². The molecule has 0 spiro atoms. The van der Waals surface area contributed by atoms with Crippen LogP contribution in [-0.2, 0) is 32.4 Å². The topological polar surface area (TPSA) is 66.0 Å². The number of hydrogen-bond donors (Lipinski definition) is 3. The highest BCUT2D eigenvalue weighted by molar-refractivity contribution is 7.16. The monoisotopic (exact) mass is 438 g/mol. The maximum atomic E-state index is 12.8. The third-order valence-electron chi connectivity index (χ3n) is 6.07.